The van der Waals surface area contributed by atoms with Gasteiger partial charge in [0.1, 0.15) is 0 Å². The zero-order chi connectivity index (χ0) is 14.8. The Bertz CT molecular complexity index is 497. The highest BCUT2D eigenvalue weighted by atomic mass is 16.5. The van der Waals surface area contributed by atoms with E-state index >= 15 is 0 Å². The van der Waals surface area contributed by atoms with Crippen LogP contribution < -0.4 is 14.8 Å². The number of ether oxygens (including phenoxy) is 2. The summed E-state index contributed by atoms with van der Waals surface area (Å²) in [5.41, 5.74) is -0.204. The Morgan fingerprint density at radius 2 is 1.95 bits per heavy atom. The minimum atomic E-state index is -0.693. The zero-order valence-electron chi connectivity index (χ0n) is 12.1. The number of benzene rings is 1. The van der Waals surface area contributed by atoms with E-state index in [0.717, 1.165) is 6.42 Å². The van der Waals surface area contributed by atoms with Crippen LogP contribution in [-0.4, -0.2) is 35.9 Å². The number of amides is 1. The predicted molar refractivity (Wildman–Crippen MR) is 75.3 cm³/mol. The smallest absolute Gasteiger partial charge is 0.251 e. The Hall–Kier alpha value is -1.75. The second kappa shape index (κ2) is 5.71. The number of carbonyl (C=O) groups excluding carboxylic acids is 1. The molecule has 5 nitrogen and oxygen atoms in total. The zero-order valence-corrected chi connectivity index (χ0v) is 12.1. The molecule has 2 N–H and O–H groups in total. The standard InChI is InChI=1S/C15H21NO4/c1-10(17)15(2,3)16-14(18)11-5-6-12-13(9-11)20-8-4-7-19-12/h5-6,9-10,17H,4,7-8H2,1-3H3,(H,16,18). The lowest BCUT2D eigenvalue weighted by molar-refractivity contribution is 0.0709. The van der Waals surface area contributed by atoms with Crippen molar-refractivity contribution in [3.05, 3.63) is 23.8 Å². The van der Waals surface area contributed by atoms with Gasteiger partial charge in [-0.2, -0.15) is 0 Å². The maximum Gasteiger partial charge on any atom is 0.251 e. The molecule has 1 aliphatic heterocycles. The first-order valence-electron chi connectivity index (χ1n) is 6.80. The third-order valence-corrected chi connectivity index (χ3v) is 3.49. The Morgan fingerprint density at radius 1 is 1.30 bits per heavy atom. The van der Waals surface area contributed by atoms with Gasteiger partial charge in [0.15, 0.2) is 11.5 Å². The summed E-state index contributed by atoms with van der Waals surface area (Å²) in [5, 5.41) is 12.5. The number of aliphatic hydroxyl groups excluding tert-OH is 1. The molecule has 1 unspecified atom stereocenters. The number of aliphatic hydroxyl groups is 1. The molecule has 1 aromatic carbocycles. The molecule has 5 heteroatoms. The summed E-state index contributed by atoms with van der Waals surface area (Å²) < 4.78 is 11.1. The van der Waals surface area contributed by atoms with Crippen molar-refractivity contribution >= 4 is 5.91 Å². The third-order valence-electron chi connectivity index (χ3n) is 3.49. The topological polar surface area (TPSA) is 67.8 Å². The molecule has 0 bridgehead atoms. The molecule has 1 atom stereocenters. The van der Waals surface area contributed by atoms with Gasteiger partial charge in [0.05, 0.1) is 24.9 Å². The van der Waals surface area contributed by atoms with Crippen LogP contribution in [0.4, 0.5) is 0 Å². The molecule has 0 saturated heterocycles. The maximum absolute atomic E-state index is 12.2. The normalized spacial score (nSPS) is 16.2. The number of rotatable bonds is 3. The predicted octanol–water partition coefficient (Wildman–Crippen LogP) is 1.74. The Morgan fingerprint density at radius 3 is 2.60 bits per heavy atom. The fourth-order valence-electron chi connectivity index (χ4n) is 1.77. The maximum atomic E-state index is 12.2. The molecule has 20 heavy (non-hydrogen) atoms. The highest BCUT2D eigenvalue weighted by Crippen LogP contribution is 2.30. The lowest BCUT2D eigenvalue weighted by Crippen LogP contribution is -2.50. The summed E-state index contributed by atoms with van der Waals surface area (Å²) in [6.45, 7) is 6.40. The summed E-state index contributed by atoms with van der Waals surface area (Å²) in [6, 6.07) is 5.11. The average Bonchev–Trinajstić information content (AvgIpc) is 2.62. The molecule has 0 aliphatic carbocycles. The quantitative estimate of drug-likeness (QED) is 0.884. The van der Waals surface area contributed by atoms with Crippen molar-refractivity contribution in [2.45, 2.75) is 38.8 Å². The van der Waals surface area contributed by atoms with Gasteiger partial charge in [0.25, 0.3) is 5.91 Å². The van der Waals surface area contributed by atoms with E-state index < -0.39 is 11.6 Å². The van der Waals surface area contributed by atoms with Gasteiger partial charge in [-0.25, -0.2) is 0 Å². The number of fused-ring (bicyclic) bond motifs is 1. The second-order valence-corrected chi connectivity index (χ2v) is 5.56. The van der Waals surface area contributed by atoms with Crippen LogP contribution in [0.2, 0.25) is 0 Å². The molecule has 110 valence electrons. The van der Waals surface area contributed by atoms with E-state index in [1.165, 1.54) is 0 Å². The van der Waals surface area contributed by atoms with E-state index in [-0.39, 0.29) is 5.91 Å². The second-order valence-electron chi connectivity index (χ2n) is 5.56. The number of carbonyl (C=O) groups is 1. The minimum absolute atomic E-state index is 0.244. The average molecular weight is 279 g/mol. The first-order chi connectivity index (χ1) is 9.40. The Balaban J connectivity index is 2.17. The summed E-state index contributed by atoms with van der Waals surface area (Å²) >= 11 is 0. The summed E-state index contributed by atoms with van der Waals surface area (Å²) in [7, 11) is 0. The molecule has 0 saturated carbocycles. The van der Waals surface area contributed by atoms with E-state index in [9.17, 15) is 9.90 Å². The largest absolute Gasteiger partial charge is 0.490 e. The van der Waals surface area contributed by atoms with Crippen molar-refractivity contribution < 1.29 is 19.4 Å². The Labute approximate surface area is 118 Å². The van der Waals surface area contributed by atoms with Crippen LogP contribution in [0.15, 0.2) is 18.2 Å². The minimum Gasteiger partial charge on any atom is -0.490 e. The molecule has 0 radical (unpaired) electrons. The van der Waals surface area contributed by atoms with Crippen LogP contribution >= 0.6 is 0 Å². The SMILES string of the molecule is CC(O)C(C)(C)NC(=O)c1ccc2c(c1)OCCCO2. The number of hydrogen-bond acceptors (Lipinski definition) is 4. The monoisotopic (exact) mass is 279 g/mol. The third kappa shape index (κ3) is 3.22. The van der Waals surface area contributed by atoms with Crippen LogP contribution in [0.25, 0.3) is 0 Å². The summed E-state index contributed by atoms with van der Waals surface area (Å²) in [4.78, 5) is 12.2. The molecule has 0 spiro atoms. The van der Waals surface area contributed by atoms with E-state index in [0.29, 0.717) is 30.3 Å². The van der Waals surface area contributed by atoms with Crippen LogP contribution in [0.1, 0.15) is 37.6 Å². The van der Waals surface area contributed by atoms with Crippen molar-refractivity contribution in [3.63, 3.8) is 0 Å². The molecule has 1 heterocycles. The van der Waals surface area contributed by atoms with Gasteiger partial charge in [-0.05, 0) is 39.0 Å². The van der Waals surface area contributed by atoms with Crippen molar-refractivity contribution in [3.8, 4) is 11.5 Å². The molecule has 0 aromatic heterocycles. The van der Waals surface area contributed by atoms with Crippen molar-refractivity contribution in [2.75, 3.05) is 13.2 Å². The number of nitrogens with one attached hydrogen (secondary N) is 1. The fraction of sp³-hybridized carbons (Fsp3) is 0.533. The molecule has 1 aliphatic rings. The van der Waals surface area contributed by atoms with E-state index in [2.05, 4.69) is 5.32 Å². The van der Waals surface area contributed by atoms with Gasteiger partial charge in [0, 0.05) is 12.0 Å². The van der Waals surface area contributed by atoms with Crippen LogP contribution in [0.3, 0.4) is 0 Å². The molecule has 0 fully saturated rings. The lowest BCUT2D eigenvalue weighted by Gasteiger charge is -2.29. The number of hydrogen-bond donors (Lipinski definition) is 2. The summed E-state index contributed by atoms with van der Waals surface area (Å²) in [5.74, 6) is 1.00. The van der Waals surface area contributed by atoms with E-state index in [4.69, 9.17) is 9.47 Å². The van der Waals surface area contributed by atoms with E-state index in [1.54, 1.807) is 39.0 Å². The van der Waals surface area contributed by atoms with Crippen LogP contribution in [0.5, 0.6) is 11.5 Å². The summed E-state index contributed by atoms with van der Waals surface area (Å²) in [6.07, 6.45) is 0.178. The lowest BCUT2D eigenvalue weighted by atomic mass is 9.98. The van der Waals surface area contributed by atoms with Crippen molar-refractivity contribution in [1.29, 1.82) is 0 Å². The first-order valence-corrected chi connectivity index (χ1v) is 6.80. The van der Waals surface area contributed by atoms with Gasteiger partial charge in [0.2, 0.25) is 0 Å². The first kappa shape index (κ1) is 14.7. The molecular weight excluding hydrogens is 258 g/mol. The van der Waals surface area contributed by atoms with Crippen LogP contribution in [-0.2, 0) is 0 Å². The fourth-order valence-corrected chi connectivity index (χ4v) is 1.77. The van der Waals surface area contributed by atoms with Crippen molar-refractivity contribution in [1.82, 2.24) is 5.32 Å². The van der Waals surface area contributed by atoms with Gasteiger partial charge < -0.3 is 19.9 Å². The van der Waals surface area contributed by atoms with Gasteiger partial charge in [-0.3, -0.25) is 4.79 Å². The van der Waals surface area contributed by atoms with Gasteiger partial charge in [-0.15, -0.1) is 0 Å². The van der Waals surface area contributed by atoms with Gasteiger partial charge in [-0.1, -0.05) is 0 Å². The highest BCUT2D eigenvalue weighted by Gasteiger charge is 2.27. The molecule has 2 rings (SSSR count). The van der Waals surface area contributed by atoms with Gasteiger partial charge >= 0.3 is 0 Å². The molecular formula is C15H21NO4. The highest BCUT2D eigenvalue weighted by molar-refractivity contribution is 5.95. The van der Waals surface area contributed by atoms with E-state index in [1.807, 2.05) is 0 Å². The molecule has 1 amide bonds. The molecule has 1 aromatic rings. The van der Waals surface area contributed by atoms with Crippen LogP contribution in [0, 0.1) is 0 Å². The van der Waals surface area contributed by atoms with Crippen molar-refractivity contribution in [2.24, 2.45) is 0 Å². The Kier molecular flexibility index (Phi) is 4.18.